The summed E-state index contributed by atoms with van der Waals surface area (Å²) in [6.07, 6.45) is 0. The Balaban J connectivity index is 0.00000300. The van der Waals surface area contributed by atoms with Crippen LogP contribution in [0.1, 0.15) is 11.1 Å². The number of nitrogens with one attached hydrogen (secondary N) is 1. The lowest BCUT2D eigenvalue weighted by atomic mass is 10.1. The van der Waals surface area contributed by atoms with E-state index in [-0.39, 0.29) is 24.0 Å². The molecule has 0 aliphatic carbocycles. The minimum Gasteiger partial charge on any atom is -0.457 e. The predicted molar refractivity (Wildman–Crippen MR) is 131 cm³/mol. The van der Waals surface area contributed by atoms with Crippen molar-refractivity contribution in [3.8, 4) is 11.5 Å². The van der Waals surface area contributed by atoms with Gasteiger partial charge in [-0.15, -0.1) is 24.0 Å². The van der Waals surface area contributed by atoms with E-state index in [0.717, 1.165) is 29.3 Å². The summed E-state index contributed by atoms with van der Waals surface area (Å²) in [5.74, 6) is 1.90. The molecule has 0 heterocycles. The maximum atomic E-state index is 6.04. The highest BCUT2D eigenvalue weighted by Gasteiger charge is 2.01. The minimum atomic E-state index is 0. The Bertz CT molecular complexity index is 912. The summed E-state index contributed by atoms with van der Waals surface area (Å²) in [4.78, 5) is 6.57. The molecule has 0 aliphatic heterocycles. The second-order valence-electron chi connectivity index (χ2n) is 6.82. The molecule has 3 rings (SSSR count). The van der Waals surface area contributed by atoms with E-state index in [0.29, 0.717) is 12.5 Å². The monoisotopic (exact) mass is 502 g/mol. The maximum absolute atomic E-state index is 6.04. The molecule has 0 saturated carbocycles. The van der Waals surface area contributed by atoms with Gasteiger partial charge in [-0.2, -0.15) is 0 Å². The van der Waals surface area contributed by atoms with Crippen LogP contribution < -0.4 is 15.8 Å². The predicted octanol–water partition coefficient (Wildman–Crippen LogP) is 5.09. The molecule has 0 fully saturated rings. The van der Waals surface area contributed by atoms with Crippen molar-refractivity contribution in [3.05, 3.63) is 90.0 Å². The van der Waals surface area contributed by atoms with Crippen molar-refractivity contribution in [2.24, 2.45) is 10.7 Å². The Labute approximate surface area is 189 Å². The molecule has 0 radical (unpaired) electrons. The van der Waals surface area contributed by atoms with Gasteiger partial charge in [-0.25, -0.2) is 4.99 Å². The molecular formula is C23H27IN4O. The molecule has 0 unspecified atom stereocenters. The number of halogens is 1. The molecule has 5 nitrogen and oxygen atoms in total. The van der Waals surface area contributed by atoms with E-state index in [1.54, 1.807) is 0 Å². The summed E-state index contributed by atoms with van der Waals surface area (Å²) in [6.45, 7) is 1.45. The fourth-order valence-corrected chi connectivity index (χ4v) is 2.74. The van der Waals surface area contributed by atoms with Crippen LogP contribution in [0.25, 0.3) is 0 Å². The topological polar surface area (TPSA) is 62.9 Å². The number of para-hydroxylation sites is 1. The smallest absolute Gasteiger partial charge is 0.193 e. The first kappa shape index (κ1) is 22.7. The molecule has 0 aliphatic rings. The first-order valence-corrected chi connectivity index (χ1v) is 9.21. The van der Waals surface area contributed by atoms with Gasteiger partial charge in [-0.1, -0.05) is 48.5 Å². The van der Waals surface area contributed by atoms with Gasteiger partial charge in [0.25, 0.3) is 0 Å². The summed E-state index contributed by atoms with van der Waals surface area (Å²) < 4.78 is 5.84. The van der Waals surface area contributed by atoms with Gasteiger partial charge in [0.1, 0.15) is 11.5 Å². The van der Waals surface area contributed by atoms with Gasteiger partial charge < -0.3 is 20.7 Å². The van der Waals surface area contributed by atoms with Crippen molar-refractivity contribution in [2.45, 2.75) is 13.1 Å². The number of ether oxygens (including phenoxy) is 1. The zero-order valence-corrected chi connectivity index (χ0v) is 19.0. The number of nitrogens with zero attached hydrogens (tertiary/aromatic N) is 2. The van der Waals surface area contributed by atoms with E-state index < -0.39 is 0 Å². The van der Waals surface area contributed by atoms with Crippen molar-refractivity contribution in [2.75, 3.05) is 19.4 Å². The molecule has 0 aromatic heterocycles. The fraction of sp³-hybridized carbons (Fsp3) is 0.174. The number of benzene rings is 3. The van der Waals surface area contributed by atoms with E-state index in [1.807, 2.05) is 54.6 Å². The average Bonchev–Trinajstić information content (AvgIpc) is 2.68. The Morgan fingerprint density at radius 2 is 1.55 bits per heavy atom. The van der Waals surface area contributed by atoms with Gasteiger partial charge in [0, 0.05) is 18.3 Å². The largest absolute Gasteiger partial charge is 0.457 e. The lowest BCUT2D eigenvalue weighted by Gasteiger charge is -2.10. The summed E-state index contributed by atoms with van der Waals surface area (Å²) in [5, 5.41) is 3.12. The highest BCUT2D eigenvalue weighted by molar-refractivity contribution is 14.0. The van der Waals surface area contributed by atoms with E-state index in [4.69, 9.17) is 10.5 Å². The van der Waals surface area contributed by atoms with Gasteiger partial charge in [0.15, 0.2) is 5.96 Å². The van der Waals surface area contributed by atoms with Crippen LogP contribution in [-0.4, -0.2) is 25.0 Å². The number of nitrogens with two attached hydrogens (primary N) is 1. The van der Waals surface area contributed by atoms with Crippen LogP contribution in [0, 0.1) is 0 Å². The van der Waals surface area contributed by atoms with Crippen molar-refractivity contribution in [1.29, 1.82) is 0 Å². The van der Waals surface area contributed by atoms with Crippen LogP contribution in [0.15, 0.2) is 83.9 Å². The number of guanidine groups is 1. The molecule has 29 heavy (non-hydrogen) atoms. The third-order valence-corrected chi connectivity index (χ3v) is 4.04. The van der Waals surface area contributed by atoms with Gasteiger partial charge in [-0.05, 0) is 49.5 Å². The highest BCUT2D eigenvalue weighted by atomic mass is 127. The van der Waals surface area contributed by atoms with Crippen LogP contribution in [0.5, 0.6) is 11.5 Å². The Kier molecular flexibility index (Phi) is 8.95. The normalized spacial score (nSPS) is 11.1. The SMILES string of the molecule is CN(C)Cc1ccc(CN=C(N)Nc2cccc(Oc3ccccc3)c2)cc1.I. The second kappa shape index (κ2) is 11.4. The Hall–Kier alpha value is -2.58. The molecule has 3 aromatic rings. The first-order valence-electron chi connectivity index (χ1n) is 9.21. The fourth-order valence-electron chi connectivity index (χ4n) is 2.74. The zero-order valence-electron chi connectivity index (χ0n) is 16.7. The molecule has 0 spiro atoms. The van der Waals surface area contributed by atoms with E-state index in [9.17, 15) is 0 Å². The number of hydrogen-bond donors (Lipinski definition) is 2. The van der Waals surface area contributed by atoms with Crippen LogP contribution in [-0.2, 0) is 13.1 Å². The molecule has 3 N–H and O–H groups in total. The number of rotatable bonds is 7. The van der Waals surface area contributed by atoms with Gasteiger partial charge in [0.2, 0.25) is 0 Å². The third-order valence-electron chi connectivity index (χ3n) is 4.04. The summed E-state index contributed by atoms with van der Waals surface area (Å²) in [6, 6.07) is 25.7. The van der Waals surface area contributed by atoms with Crippen LogP contribution >= 0.6 is 24.0 Å². The lowest BCUT2D eigenvalue weighted by Crippen LogP contribution is -2.22. The summed E-state index contributed by atoms with van der Waals surface area (Å²) >= 11 is 0. The van der Waals surface area contributed by atoms with Crippen LogP contribution in [0.2, 0.25) is 0 Å². The van der Waals surface area contributed by atoms with Crippen molar-refractivity contribution >= 4 is 35.6 Å². The van der Waals surface area contributed by atoms with Gasteiger partial charge >= 0.3 is 0 Å². The quantitative estimate of drug-likeness (QED) is 0.269. The highest BCUT2D eigenvalue weighted by Crippen LogP contribution is 2.23. The van der Waals surface area contributed by atoms with Gasteiger partial charge in [0.05, 0.1) is 6.54 Å². The molecule has 0 saturated heterocycles. The Morgan fingerprint density at radius 3 is 2.24 bits per heavy atom. The third kappa shape index (κ3) is 7.75. The minimum absolute atomic E-state index is 0. The molecule has 0 atom stereocenters. The van der Waals surface area contributed by atoms with E-state index >= 15 is 0 Å². The molecule has 0 amide bonds. The molecule has 3 aromatic carbocycles. The molecule has 152 valence electrons. The van der Waals surface area contributed by atoms with Crippen LogP contribution in [0.4, 0.5) is 5.69 Å². The van der Waals surface area contributed by atoms with Crippen LogP contribution in [0.3, 0.4) is 0 Å². The number of anilines is 1. The molecule has 6 heteroatoms. The summed E-state index contributed by atoms with van der Waals surface area (Å²) in [7, 11) is 4.12. The van der Waals surface area contributed by atoms with Crippen molar-refractivity contribution < 1.29 is 4.74 Å². The first-order chi connectivity index (χ1) is 13.6. The standard InChI is InChI=1S/C23H26N4O.HI/c1-27(2)17-19-13-11-18(12-14-19)16-25-23(24)26-20-7-6-10-22(15-20)28-21-8-4-3-5-9-21;/h3-15H,16-17H2,1-2H3,(H3,24,25,26);1H. The zero-order chi connectivity index (χ0) is 19.8. The van der Waals surface area contributed by atoms with E-state index in [1.165, 1.54) is 5.56 Å². The second-order valence-corrected chi connectivity index (χ2v) is 6.82. The van der Waals surface area contributed by atoms with Crippen molar-refractivity contribution in [3.63, 3.8) is 0 Å². The van der Waals surface area contributed by atoms with Crippen molar-refractivity contribution in [1.82, 2.24) is 4.90 Å². The number of aliphatic imine (C=N–C) groups is 1. The summed E-state index contributed by atoms with van der Waals surface area (Å²) in [5.41, 5.74) is 9.27. The Morgan fingerprint density at radius 1 is 0.897 bits per heavy atom. The average molecular weight is 502 g/mol. The number of hydrogen-bond acceptors (Lipinski definition) is 3. The van der Waals surface area contributed by atoms with Gasteiger partial charge in [-0.3, -0.25) is 0 Å². The molecular weight excluding hydrogens is 475 g/mol. The molecule has 0 bridgehead atoms. The maximum Gasteiger partial charge on any atom is 0.193 e. The lowest BCUT2D eigenvalue weighted by molar-refractivity contribution is 0.402. The van der Waals surface area contributed by atoms with E-state index in [2.05, 4.69) is 53.6 Å².